The van der Waals surface area contributed by atoms with Crippen LogP contribution in [0.3, 0.4) is 0 Å². The summed E-state index contributed by atoms with van der Waals surface area (Å²) >= 11 is 0. The second kappa shape index (κ2) is 12.6. The number of aliphatic hydroxyl groups excluding tert-OH is 1. The van der Waals surface area contributed by atoms with E-state index in [1.165, 1.54) is 6.07 Å². The number of sulfonamides is 1. The van der Waals surface area contributed by atoms with E-state index in [1.54, 1.807) is 26.4 Å². The molecule has 3 rings (SSSR count). The third kappa shape index (κ3) is 8.15. The van der Waals surface area contributed by atoms with Crippen LogP contribution in [0.25, 0.3) is 0 Å². The lowest BCUT2D eigenvalue weighted by atomic mass is 9.97. The standard InChI is InChI=1S/C27H34N2O6S/c1-34-26-14-11-21(17-27(26)35-2)23(15-19-7-5-4-6-8-19)28-18-22(30)12-9-20-10-13-25(31)24(16-20)29-36(3,32)33/h4-8,10-11,13-14,16-17,22-23,28-31H,9,12,15,18H2,1-3H3/t22-,23-/m1/s1. The SMILES string of the molecule is COc1ccc([C@@H](Cc2ccccc2)NC[C@H](O)CCc2ccc(O)c(NS(C)(=O)=O)c2)cc1OC. The van der Waals surface area contributed by atoms with Gasteiger partial charge in [-0.05, 0) is 60.2 Å². The highest BCUT2D eigenvalue weighted by atomic mass is 32.2. The second-order valence-corrected chi connectivity index (χ2v) is 10.4. The third-order valence-corrected chi connectivity index (χ3v) is 6.41. The Kier molecular flexibility index (Phi) is 9.58. The first-order chi connectivity index (χ1) is 17.2. The number of aryl methyl sites for hydroxylation is 1. The molecule has 0 bridgehead atoms. The number of aliphatic hydroxyl groups is 1. The normalized spacial score (nSPS) is 13.1. The van der Waals surface area contributed by atoms with Gasteiger partial charge in [-0.15, -0.1) is 0 Å². The largest absolute Gasteiger partial charge is 0.506 e. The minimum Gasteiger partial charge on any atom is -0.506 e. The van der Waals surface area contributed by atoms with Gasteiger partial charge in [-0.3, -0.25) is 4.72 Å². The van der Waals surface area contributed by atoms with E-state index in [0.29, 0.717) is 30.9 Å². The Hall–Kier alpha value is -3.27. The maximum Gasteiger partial charge on any atom is 0.229 e. The molecule has 9 heteroatoms. The van der Waals surface area contributed by atoms with Gasteiger partial charge in [-0.1, -0.05) is 42.5 Å². The zero-order valence-electron chi connectivity index (χ0n) is 20.8. The van der Waals surface area contributed by atoms with Gasteiger partial charge in [0.1, 0.15) is 5.75 Å². The molecule has 194 valence electrons. The summed E-state index contributed by atoms with van der Waals surface area (Å²) in [6.45, 7) is 0.359. The smallest absolute Gasteiger partial charge is 0.229 e. The average Bonchev–Trinajstić information content (AvgIpc) is 2.86. The van der Waals surface area contributed by atoms with Crippen molar-refractivity contribution in [3.05, 3.63) is 83.4 Å². The van der Waals surface area contributed by atoms with Gasteiger partial charge in [0.15, 0.2) is 11.5 Å². The maximum atomic E-state index is 11.5. The molecule has 0 unspecified atom stereocenters. The molecule has 3 aromatic carbocycles. The van der Waals surface area contributed by atoms with Crippen LogP contribution in [-0.4, -0.2) is 51.8 Å². The molecule has 0 aromatic heterocycles. The Bertz CT molecular complexity index is 1230. The quantitative estimate of drug-likeness (QED) is 0.257. The van der Waals surface area contributed by atoms with Crippen LogP contribution < -0.4 is 19.5 Å². The highest BCUT2D eigenvalue weighted by Gasteiger charge is 2.17. The number of phenols is 1. The third-order valence-electron chi connectivity index (χ3n) is 5.82. The highest BCUT2D eigenvalue weighted by Crippen LogP contribution is 2.31. The van der Waals surface area contributed by atoms with Crippen molar-refractivity contribution >= 4 is 15.7 Å². The lowest BCUT2D eigenvalue weighted by Crippen LogP contribution is -2.32. The monoisotopic (exact) mass is 514 g/mol. The number of phenolic OH excluding ortho intramolecular Hbond substituents is 1. The molecule has 36 heavy (non-hydrogen) atoms. The van der Waals surface area contributed by atoms with Crippen LogP contribution in [0.2, 0.25) is 0 Å². The molecular weight excluding hydrogens is 480 g/mol. The second-order valence-electron chi connectivity index (χ2n) is 8.68. The molecule has 8 nitrogen and oxygen atoms in total. The number of anilines is 1. The minimum atomic E-state index is -3.51. The van der Waals surface area contributed by atoms with Gasteiger partial charge in [0.2, 0.25) is 10.0 Å². The topological polar surface area (TPSA) is 117 Å². The van der Waals surface area contributed by atoms with E-state index < -0.39 is 16.1 Å². The minimum absolute atomic E-state index is 0.0684. The molecule has 0 fully saturated rings. The van der Waals surface area contributed by atoms with Gasteiger partial charge < -0.3 is 25.0 Å². The molecule has 0 amide bonds. The van der Waals surface area contributed by atoms with Crippen LogP contribution >= 0.6 is 0 Å². The molecule has 0 spiro atoms. The fraction of sp³-hybridized carbons (Fsp3) is 0.333. The van der Waals surface area contributed by atoms with Crippen molar-refractivity contribution in [2.75, 3.05) is 31.7 Å². The van der Waals surface area contributed by atoms with Crippen molar-refractivity contribution in [1.29, 1.82) is 0 Å². The van der Waals surface area contributed by atoms with E-state index >= 15 is 0 Å². The Morgan fingerprint density at radius 3 is 2.31 bits per heavy atom. The number of hydrogen-bond acceptors (Lipinski definition) is 7. The number of hydrogen-bond donors (Lipinski definition) is 4. The number of aromatic hydroxyl groups is 1. The van der Waals surface area contributed by atoms with Gasteiger partial charge >= 0.3 is 0 Å². The van der Waals surface area contributed by atoms with Crippen LogP contribution in [0, 0.1) is 0 Å². The summed E-state index contributed by atoms with van der Waals surface area (Å²) in [7, 11) is -0.312. The molecule has 0 saturated carbocycles. The number of rotatable bonds is 13. The van der Waals surface area contributed by atoms with Gasteiger partial charge in [-0.2, -0.15) is 0 Å². The van der Waals surface area contributed by atoms with Gasteiger partial charge in [0.05, 0.1) is 32.3 Å². The fourth-order valence-corrected chi connectivity index (χ4v) is 4.52. The van der Waals surface area contributed by atoms with E-state index in [9.17, 15) is 18.6 Å². The Morgan fingerprint density at radius 2 is 1.64 bits per heavy atom. The molecule has 0 aliphatic carbocycles. The first-order valence-corrected chi connectivity index (χ1v) is 13.5. The van der Waals surface area contributed by atoms with Crippen molar-refractivity contribution in [1.82, 2.24) is 5.32 Å². The van der Waals surface area contributed by atoms with Crippen LogP contribution in [0.5, 0.6) is 17.2 Å². The van der Waals surface area contributed by atoms with Crippen molar-refractivity contribution in [2.24, 2.45) is 0 Å². The van der Waals surface area contributed by atoms with Crippen molar-refractivity contribution in [2.45, 2.75) is 31.4 Å². The zero-order chi connectivity index (χ0) is 26.1. The summed E-state index contributed by atoms with van der Waals surface area (Å²) < 4.78 is 36.2. The first kappa shape index (κ1) is 27.3. The first-order valence-electron chi connectivity index (χ1n) is 11.7. The zero-order valence-corrected chi connectivity index (χ0v) is 21.6. The predicted molar refractivity (Wildman–Crippen MR) is 141 cm³/mol. The summed E-state index contributed by atoms with van der Waals surface area (Å²) in [5.41, 5.74) is 3.10. The maximum absolute atomic E-state index is 11.5. The van der Waals surface area contributed by atoms with E-state index in [-0.39, 0.29) is 17.5 Å². The Balaban J connectivity index is 1.67. The van der Waals surface area contributed by atoms with Crippen LogP contribution in [0.1, 0.15) is 29.2 Å². The summed E-state index contributed by atoms with van der Waals surface area (Å²) in [6, 6.07) is 20.6. The lowest BCUT2D eigenvalue weighted by molar-refractivity contribution is 0.157. The van der Waals surface area contributed by atoms with Crippen LogP contribution in [0.4, 0.5) is 5.69 Å². The molecule has 0 heterocycles. The molecule has 0 aliphatic heterocycles. The van der Waals surface area contributed by atoms with Crippen molar-refractivity contribution in [3.63, 3.8) is 0 Å². The lowest BCUT2D eigenvalue weighted by Gasteiger charge is -2.23. The van der Waals surface area contributed by atoms with Crippen molar-refractivity contribution < 1.29 is 28.1 Å². The van der Waals surface area contributed by atoms with Crippen LogP contribution in [-0.2, 0) is 22.9 Å². The number of methoxy groups -OCH3 is 2. The summed E-state index contributed by atoms with van der Waals surface area (Å²) in [5, 5.41) is 24.1. The number of ether oxygens (including phenoxy) is 2. The average molecular weight is 515 g/mol. The fourth-order valence-electron chi connectivity index (χ4n) is 3.96. The van der Waals surface area contributed by atoms with Gasteiger partial charge in [0, 0.05) is 12.6 Å². The molecule has 4 N–H and O–H groups in total. The molecular formula is C27H34N2O6S. The molecule has 0 saturated heterocycles. The molecule has 0 aliphatic rings. The summed E-state index contributed by atoms with van der Waals surface area (Å²) in [6.07, 6.45) is 2.09. The number of nitrogens with one attached hydrogen (secondary N) is 2. The predicted octanol–water partition coefficient (Wildman–Crippen LogP) is 3.65. The van der Waals surface area contributed by atoms with Crippen molar-refractivity contribution in [3.8, 4) is 17.2 Å². The molecule has 0 radical (unpaired) electrons. The highest BCUT2D eigenvalue weighted by molar-refractivity contribution is 7.92. The van der Waals surface area contributed by atoms with Gasteiger partial charge in [-0.25, -0.2) is 8.42 Å². The van der Waals surface area contributed by atoms with E-state index in [1.807, 2.05) is 36.4 Å². The summed E-state index contributed by atoms with van der Waals surface area (Å²) in [4.78, 5) is 0. The Labute approximate surface area is 213 Å². The van der Waals surface area contributed by atoms with Gasteiger partial charge in [0.25, 0.3) is 0 Å². The Morgan fingerprint density at radius 1 is 0.917 bits per heavy atom. The molecule has 2 atom stereocenters. The van der Waals surface area contributed by atoms with E-state index in [4.69, 9.17) is 9.47 Å². The van der Waals surface area contributed by atoms with E-state index in [2.05, 4.69) is 22.2 Å². The molecule has 3 aromatic rings. The summed E-state index contributed by atoms with van der Waals surface area (Å²) in [5.74, 6) is 1.14. The van der Waals surface area contributed by atoms with E-state index in [0.717, 1.165) is 29.4 Å². The van der Waals surface area contributed by atoms with Crippen LogP contribution in [0.15, 0.2) is 66.7 Å². The number of benzene rings is 3.